The van der Waals surface area contributed by atoms with Crippen molar-refractivity contribution in [3.63, 3.8) is 0 Å². The molecule has 1 aromatic carbocycles. The van der Waals surface area contributed by atoms with E-state index in [-0.39, 0.29) is 0 Å². The molecular weight excluding hydrogens is 191 g/mol. The molecule has 0 aliphatic heterocycles. The molecule has 0 unspecified atom stereocenters. The van der Waals surface area contributed by atoms with Gasteiger partial charge in [-0.2, -0.15) is 0 Å². The van der Waals surface area contributed by atoms with Gasteiger partial charge in [-0.1, -0.05) is 0 Å². The zero-order chi connectivity index (χ0) is 7.40. The zero-order valence-electron chi connectivity index (χ0n) is 5.70. The second-order valence-electron chi connectivity index (χ2n) is 1.89. The molecule has 0 bridgehead atoms. The summed E-state index contributed by atoms with van der Waals surface area (Å²) < 4.78 is 4.99. The van der Waals surface area contributed by atoms with E-state index >= 15 is 0 Å². The van der Waals surface area contributed by atoms with Crippen LogP contribution in [-0.4, -0.2) is 27.6 Å². The van der Waals surface area contributed by atoms with Crippen molar-refractivity contribution >= 4 is 20.5 Å². The molecule has 1 nitrogen and oxygen atoms in total. The van der Waals surface area contributed by atoms with Crippen LogP contribution in [0.4, 0.5) is 0 Å². The maximum absolute atomic E-state index is 4.99. The standard InChI is InChI=1S/C8H8OSe/c1-9-8-4-2-7(6-10)3-5-8/h2-6H,1H3. The number of ether oxygens (including phenoxy) is 1. The SMILES string of the molecule is COc1ccc(C=[Se])cc1. The van der Waals surface area contributed by atoms with E-state index in [9.17, 15) is 0 Å². The second-order valence-corrected chi connectivity index (χ2v) is 2.39. The molecule has 52 valence electrons. The van der Waals surface area contributed by atoms with Crippen LogP contribution in [-0.2, 0) is 0 Å². The van der Waals surface area contributed by atoms with Crippen molar-refractivity contribution in [1.29, 1.82) is 0 Å². The number of benzene rings is 1. The Bertz CT molecular complexity index is 215. The van der Waals surface area contributed by atoms with Gasteiger partial charge in [0, 0.05) is 0 Å². The third-order valence-corrected chi connectivity index (χ3v) is 1.82. The van der Waals surface area contributed by atoms with Gasteiger partial charge in [-0.25, -0.2) is 0 Å². The summed E-state index contributed by atoms with van der Waals surface area (Å²) in [4.78, 5) is 1.93. The second kappa shape index (κ2) is 3.55. The van der Waals surface area contributed by atoms with Crippen molar-refractivity contribution in [1.82, 2.24) is 0 Å². The van der Waals surface area contributed by atoms with Crippen LogP contribution in [0.15, 0.2) is 24.3 Å². The topological polar surface area (TPSA) is 9.23 Å². The molecule has 0 aliphatic carbocycles. The van der Waals surface area contributed by atoms with Crippen LogP contribution < -0.4 is 4.74 Å². The van der Waals surface area contributed by atoms with Crippen LogP contribution in [0.3, 0.4) is 0 Å². The Morgan fingerprint density at radius 1 is 1.30 bits per heavy atom. The number of rotatable bonds is 2. The third kappa shape index (κ3) is 1.69. The first kappa shape index (κ1) is 7.52. The van der Waals surface area contributed by atoms with Gasteiger partial charge in [0.05, 0.1) is 0 Å². The Hall–Kier alpha value is -0.591. The molecule has 0 atom stereocenters. The number of methoxy groups -OCH3 is 1. The molecule has 0 saturated heterocycles. The van der Waals surface area contributed by atoms with Crippen molar-refractivity contribution in [3.05, 3.63) is 29.8 Å². The molecule has 0 spiro atoms. The van der Waals surface area contributed by atoms with E-state index in [1.807, 2.05) is 29.2 Å². The fraction of sp³-hybridized carbons (Fsp3) is 0.125. The summed E-state index contributed by atoms with van der Waals surface area (Å²) in [6.45, 7) is 0. The Kier molecular flexibility index (Phi) is 2.67. The number of hydrogen-bond acceptors (Lipinski definition) is 1. The van der Waals surface area contributed by atoms with Gasteiger partial charge in [-0.15, -0.1) is 0 Å². The van der Waals surface area contributed by atoms with Crippen molar-refractivity contribution in [2.24, 2.45) is 0 Å². The summed E-state index contributed by atoms with van der Waals surface area (Å²) in [5.41, 5.74) is 1.17. The summed E-state index contributed by atoms with van der Waals surface area (Å²) in [5.74, 6) is 0.894. The molecule has 2 heteroatoms. The Balaban J connectivity index is 2.90. The molecule has 0 aliphatic rings. The van der Waals surface area contributed by atoms with Gasteiger partial charge in [-0.3, -0.25) is 0 Å². The Labute approximate surface area is 68.4 Å². The first-order chi connectivity index (χ1) is 4.86. The molecule has 0 radical (unpaired) electrons. The van der Waals surface area contributed by atoms with E-state index in [2.05, 4.69) is 15.6 Å². The van der Waals surface area contributed by atoms with Gasteiger partial charge < -0.3 is 0 Å². The number of hydrogen-bond donors (Lipinski definition) is 0. The van der Waals surface area contributed by atoms with Crippen molar-refractivity contribution in [3.8, 4) is 5.75 Å². The monoisotopic (exact) mass is 200 g/mol. The predicted molar refractivity (Wildman–Crippen MR) is 43.9 cm³/mol. The average molecular weight is 199 g/mol. The first-order valence-corrected chi connectivity index (χ1v) is 3.95. The maximum atomic E-state index is 4.99. The zero-order valence-corrected chi connectivity index (χ0v) is 7.42. The van der Waals surface area contributed by atoms with Gasteiger partial charge >= 0.3 is 67.9 Å². The summed E-state index contributed by atoms with van der Waals surface area (Å²) in [7, 11) is 1.66. The molecule has 0 aromatic heterocycles. The molecule has 1 aromatic rings. The summed E-state index contributed by atoms with van der Waals surface area (Å²) in [6.07, 6.45) is 0. The van der Waals surface area contributed by atoms with Crippen LogP contribution in [0.25, 0.3) is 0 Å². The van der Waals surface area contributed by atoms with E-state index < -0.39 is 0 Å². The summed E-state index contributed by atoms with van der Waals surface area (Å²) in [5, 5.41) is 0. The molecule has 0 heterocycles. The van der Waals surface area contributed by atoms with Crippen molar-refractivity contribution < 1.29 is 4.74 Å². The van der Waals surface area contributed by atoms with E-state index in [1.54, 1.807) is 7.11 Å². The van der Waals surface area contributed by atoms with Gasteiger partial charge in [0.1, 0.15) is 0 Å². The Morgan fingerprint density at radius 2 is 1.90 bits per heavy atom. The van der Waals surface area contributed by atoms with Gasteiger partial charge in [0.2, 0.25) is 0 Å². The van der Waals surface area contributed by atoms with Crippen molar-refractivity contribution in [2.45, 2.75) is 0 Å². The molecular formula is C8H8OSe. The first-order valence-electron chi connectivity index (χ1n) is 2.96. The predicted octanol–water partition coefficient (Wildman–Crippen LogP) is 1.01. The summed E-state index contributed by atoms with van der Waals surface area (Å²) >= 11 is 2.83. The van der Waals surface area contributed by atoms with Crippen LogP contribution in [0.1, 0.15) is 5.56 Å². The normalized spacial score (nSPS) is 8.90. The van der Waals surface area contributed by atoms with Gasteiger partial charge in [0.15, 0.2) is 0 Å². The van der Waals surface area contributed by atoms with Crippen LogP contribution in [0.2, 0.25) is 0 Å². The van der Waals surface area contributed by atoms with Crippen LogP contribution in [0.5, 0.6) is 5.75 Å². The van der Waals surface area contributed by atoms with E-state index in [0.29, 0.717) is 0 Å². The fourth-order valence-corrected chi connectivity index (χ4v) is 1.01. The van der Waals surface area contributed by atoms with Crippen LogP contribution >= 0.6 is 0 Å². The minimum atomic E-state index is 0.894. The third-order valence-electron chi connectivity index (χ3n) is 1.25. The molecule has 10 heavy (non-hydrogen) atoms. The van der Waals surface area contributed by atoms with Gasteiger partial charge in [-0.05, 0) is 0 Å². The van der Waals surface area contributed by atoms with E-state index in [0.717, 1.165) is 5.75 Å². The van der Waals surface area contributed by atoms with Crippen molar-refractivity contribution in [2.75, 3.05) is 7.11 Å². The van der Waals surface area contributed by atoms with E-state index in [4.69, 9.17) is 4.74 Å². The quantitative estimate of drug-likeness (QED) is 0.646. The molecule has 1 rings (SSSR count). The molecule has 0 amide bonds. The summed E-state index contributed by atoms with van der Waals surface area (Å²) in [6, 6.07) is 7.86. The molecule has 0 N–H and O–H groups in total. The van der Waals surface area contributed by atoms with E-state index in [1.165, 1.54) is 5.56 Å². The molecule has 0 saturated carbocycles. The minimum absolute atomic E-state index is 0.894. The Morgan fingerprint density at radius 3 is 2.30 bits per heavy atom. The van der Waals surface area contributed by atoms with Crippen LogP contribution in [0, 0.1) is 0 Å². The molecule has 0 fully saturated rings. The average Bonchev–Trinajstić information content (AvgIpc) is 2.05. The fourth-order valence-electron chi connectivity index (χ4n) is 0.682. The van der Waals surface area contributed by atoms with Gasteiger partial charge in [0.25, 0.3) is 0 Å².